The minimum absolute atomic E-state index is 0.893. The number of aliphatic imine (C=N–C) groups is 1. The van der Waals surface area contributed by atoms with Crippen LogP contribution in [0.5, 0.6) is 0 Å². The maximum Gasteiger partial charge on any atom is 0.169 e. The number of nitrogens with one attached hydrogen (secondary N) is 2. The highest BCUT2D eigenvalue weighted by molar-refractivity contribution is 14.1. The van der Waals surface area contributed by atoms with Gasteiger partial charge in [0.15, 0.2) is 3.83 Å². The van der Waals surface area contributed by atoms with E-state index in [-0.39, 0.29) is 0 Å². The van der Waals surface area contributed by atoms with E-state index in [1.807, 2.05) is 12.4 Å². The fourth-order valence-electron chi connectivity index (χ4n) is 4.09. The molecule has 1 aliphatic rings. The second kappa shape index (κ2) is 11.5. The molecular formula is C29H24IN5S4. The van der Waals surface area contributed by atoms with E-state index in [0.29, 0.717) is 0 Å². The smallest absolute Gasteiger partial charge is 0.169 e. The van der Waals surface area contributed by atoms with Crippen molar-refractivity contribution < 1.29 is 0 Å². The molecule has 0 radical (unpaired) electrons. The quantitative estimate of drug-likeness (QED) is 0.176. The lowest BCUT2D eigenvalue weighted by Gasteiger charge is -1.95. The molecule has 0 amide bonds. The van der Waals surface area contributed by atoms with Crippen LogP contribution in [0.15, 0.2) is 72.0 Å². The molecule has 0 fully saturated rings. The van der Waals surface area contributed by atoms with Crippen molar-refractivity contribution in [3.05, 3.63) is 95.2 Å². The van der Waals surface area contributed by atoms with Crippen LogP contribution in [0.3, 0.4) is 0 Å². The van der Waals surface area contributed by atoms with E-state index in [1.54, 1.807) is 45.3 Å². The fraction of sp³-hybridized carbons (Fsp3) is 0.138. The normalized spacial score (nSPS) is 12.8. The number of hydrogen-bond donors (Lipinski definition) is 2. The van der Waals surface area contributed by atoms with Crippen LogP contribution in [0.1, 0.15) is 30.8 Å². The zero-order valence-electron chi connectivity index (χ0n) is 21.4. The van der Waals surface area contributed by atoms with E-state index >= 15 is 0 Å². The molecule has 39 heavy (non-hydrogen) atoms. The van der Waals surface area contributed by atoms with Crippen molar-refractivity contribution in [3.8, 4) is 31.8 Å². The number of allylic oxidation sites excluding steroid dienone is 1. The molecule has 6 aromatic rings. The third-order valence-corrected chi connectivity index (χ3v) is 10.8. The molecule has 196 valence electrons. The minimum Gasteiger partial charge on any atom is -0.337 e. The zero-order valence-corrected chi connectivity index (χ0v) is 26.8. The van der Waals surface area contributed by atoms with E-state index in [9.17, 15) is 0 Å². The molecule has 0 aromatic carbocycles. The van der Waals surface area contributed by atoms with E-state index in [2.05, 4.69) is 118 Å². The molecule has 7 rings (SSSR count). The van der Waals surface area contributed by atoms with E-state index in [0.717, 1.165) is 43.8 Å². The molecular weight excluding hydrogens is 674 g/mol. The predicted molar refractivity (Wildman–Crippen MR) is 177 cm³/mol. The van der Waals surface area contributed by atoms with Gasteiger partial charge in [-0.05, 0) is 91.9 Å². The van der Waals surface area contributed by atoms with Gasteiger partial charge in [0.25, 0.3) is 0 Å². The standard InChI is InChI=1S/C21H17N3S3.C8H7IN2S/c1-12-3-7-17(25-12)14-5-6-15(23-14)18-9-10-20(27-18)21-22-11-16(24-21)19-8-4-13(2)26-19;1-5-2-3-7(12-5)6-4-10-8(9)11-6/h3-5,7-11H,6H2,1-2H3,(H,22,24);2-4H,1H3,(H,10,11). The van der Waals surface area contributed by atoms with Gasteiger partial charge in [-0.2, -0.15) is 0 Å². The molecule has 6 aromatic heterocycles. The highest BCUT2D eigenvalue weighted by Crippen LogP contribution is 2.34. The lowest BCUT2D eigenvalue weighted by molar-refractivity contribution is 1.23. The summed E-state index contributed by atoms with van der Waals surface area (Å²) in [6, 6.07) is 17.1. The Hall–Kier alpha value is -2.64. The summed E-state index contributed by atoms with van der Waals surface area (Å²) >= 11 is 9.28. The van der Waals surface area contributed by atoms with Crippen molar-refractivity contribution >= 4 is 79.3 Å². The van der Waals surface area contributed by atoms with Crippen LogP contribution in [0, 0.1) is 24.6 Å². The van der Waals surface area contributed by atoms with Gasteiger partial charge < -0.3 is 9.97 Å². The van der Waals surface area contributed by atoms with Crippen LogP contribution >= 0.6 is 67.9 Å². The zero-order chi connectivity index (χ0) is 26.9. The Bertz CT molecular complexity index is 1770. The maximum absolute atomic E-state index is 4.87. The highest BCUT2D eigenvalue weighted by Gasteiger charge is 2.17. The molecule has 0 saturated heterocycles. The molecule has 0 unspecified atom stereocenters. The van der Waals surface area contributed by atoms with Crippen molar-refractivity contribution in [2.45, 2.75) is 27.2 Å². The van der Waals surface area contributed by atoms with Gasteiger partial charge in [-0.1, -0.05) is 6.08 Å². The van der Waals surface area contributed by atoms with Gasteiger partial charge in [0.05, 0.1) is 54.7 Å². The van der Waals surface area contributed by atoms with E-state index in [1.165, 1.54) is 34.1 Å². The van der Waals surface area contributed by atoms with Gasteiger partial charge in [-0.15, -0.1) is 45.3 Å². The molecule has 5 nitrogen and oxygen atoms in total. The third kappa shape index (κ3) is 6.09. The maximum atomic E-state index is 4.87. The number of H-pyrrole nitrogens is 2. The molecule has 0 aliphatic carbocycles. The topological polar surface area (TPSA) is 69.7 Å². The predicted octanol–water partition coefficient (Wildman–Crippen LogP) is 9.83. The molecule has 0 saturated carbocycles. The summed E-state index contributed by atoms with van der Waals surface area (Å²) in [7, 11) is 0. The SMILES string of the molecule is Cc1ccc(-c2cnc(I)[nH]2)s1.Cc1ccc(C2=CCC(c3ccc(-c4ncc(-c5ccc(C)s5)[nH]4)s3)=N2)s1. The van der Waals surface area contributed by atoms with Gasteiger partial charge in [-0.25, -0.2) is 9.97 Å². The molecule has 10 heteroatoms. The second-order valence-electron chi connectivity index (χ2n) is 8.98. The molecule has 2 N–H and O–H groups in total. The van der Waals surface area contributed by atoms with Crippen molar-refractivity contribution in [2.24, 2.45) is 4.99 Å². The summed E-state index contributed by atoms with van der Waals surface area (Å²) in [6.07, 6.45) is 6.91. The number of aromatic nitrogens is 4. The lowest BCUT2D eigenvalue weighted by atomic mass is 10.2. The van der Waals surface area contributed by atoms with Crippen molar-refractivity contribution in [1.82, 2.24) is 19.9 Å². The first-order valence-electron chi connectivity index (χ1n) is 12.3. The van der Waals surface area contributed by atoms with Crippen LogP contribution < -0.4 is 0 Å². The number of rotatable bonds is 5. The first kappa shape index (κ1) is 26.6. The van der Waals surface area contributed by atoms with E-state index in [4.69, 9.17) is 4.99 Å². The molecule has 7 heterocycles. The summed E-state index contributed by atoms with van der Waals surface area (Å²) in [4.78, 5) is 30.3. The summed E-state index contributed by atoms with van der Waals surface area (Å²) in [5.74, 6) is 0.924. The van der Waals surface area contributed by atoms with Gasteiger partial charge >= 0.3 is 0 Å². The Kier molecular flexibility index (Phi) is 7.81. The largest absolute Gasteiger partial charge is 0.337 e. The lowest BCUT2D eigenvalue weighted by Crippen LogP contribution is -1.90. The monoisotopic (exact) mass is 697 g/mol. The Morgan fingerprint density at radius 1 is 0.641 bits per heavy atom. The highest BCUT2D eigenvalue weighted by atomic mass is 127. The average Bonchev–Trinajstić information content (AvgIpc) is 3.74. The summed E-state index contributed by atoms with van der Waals surface area (Å²) in [5.41, 5.74) is 4.44. The Balaban J connectivity index is 0.000000193. The molecule has 0 bridgehead atoms. The second-order valence-corrected chi connectivity index (χ2v) is 14.9. The van der Waals surface area contributed by atoms with Gasteiger partial charge in [0.1, 0.15) is 5.82 Å². The summed E-state index contributed by atoms with van der Waals surface area (Å²) < 4.78 is 0.939. The number of nitrogens with zero attached hydrogens (tertiary/aromatic N) is 3. The summed E-state index contributed by atoms with van der Waals surface area (Å²) in [6.45, 7) is 6.36. The fourth-order valence-corrected chi connectivity index (χ4v) is 7.99. The number of aromatic amines is 2. The van der Waals surface area contributed by atoms with Crippen LogP contribution in [0.2, 0.25) is 0 Å². The van der Waals surface area contributed by atoms with E-state index < -0.39 is 0 Å². The van der Waals surface area contributed by atoms with Crippen LogP contribution in [-0.2, 0) is 0 Å². The average molecular weight is 698 g/mol. The summed E-state index contributed by atoms with van der Waals surface area (Å²) in [5, 5.41) is 0. The number of thiophene rings is 4. The van der Waals surface area contributed by atoms with Gasteiger partial charge in [0.2, 0.25) is 0 Å². The molecule has 0 atom stereocenters. The Labute approximate surface area is 256 Å². The van der Waals surface area contributed by atoms with Gasteiger partial charge in [0, 0.05) is 25.9 Å². The van der Waals surface area contributed by atoms with Crippen molar-refractivity contribution in [1.29, 1.82) is 0 Å². The third-order valence-electron chi connectivity index (χ3n) is 5.99. The van der Waals surface area contributed by atoms with Crippen LogP contribution in [-0.4, -0.2) is 25.6 Å². The molecule has 0 spiro atoms. The number of hydrogen-bond acceptors (Lipinski definition) is 7. The first-order chi connectivity index (χ1) is 18.9. The number of aryl methyl sites for hydroxylation is 3. The number of halogens is 1. The van der Waals surface area contributed by atoms with Crippen LogP contribution in [0.25, 0.3) is 37.5 Å². The molecule has 1 aliphatic heterocycles. The van der Waals surface area contributed by atoms with Gasteiger partial charge in [-0.3, -0.25) is 4.99 Å². The Morgan fingerprint density at radius 3 is 1.79 bits per heavy atom. The number of imidazole rings is 2. The first-order valence-corrected chi connectivity index (χ1v) is 16.6. The van der Waals surface area contributed by atoms with Crippen LogP contribution in [0.4, 0.5) is 0 Å². The Morgan fingerprint density at radius 2 is 1.21 bits per heavy atom. The minimum atomic E-state index is 0.893. The van der Waals surface area contributed by atoms with Crippen molar-refractivity contribution in [2.75, 3.05) is 0 Å². The van der Waals surface area contributed by atoms with Crippen molar-refractivity contribution in [3.63, 3.8) is 0 Å².